The molecule has 1 amide bonds. The number of methoxy groups -OCH3 is 1. The van der Waals surface area contributed by atoms with Gasteiger partial charge in [-0.3, -0.25) is 23.4 Å². The molecule has 0 unspecified atom stereocenters. The molecule has 33 heavy (non-hydrogen) atoms. The van der Waals surface area contributed by atoms with E-state index in [0.717, 1.165) is 10.1 Å². The molecule has 4 rings (SSSR count). The molecule has 170 valence electrons. The summed E-state index contributed by atoms with van der Waals surface area (Å²) in [5.41, 5.74) is 0.997. The summed E-state index contributed by atoms with van der Waals surface area (Å²) in [6.07, 6.45) is 1.51. The number of nitrogens with one attached hydrogen (secondary N) is 1. The second-order valence-corrected chi connectivity index (χ2v) is 7.68. The van der Waals surface area contributed by atoms with E-state index in [2.05, 4.69) is 10.4 Å². The number of benzene rings is 2. The zero-order chi connectivity index (χ0) is 23.7. The van der Waals surface area contributed by atoms with Crippen LogP contribution in [0.15, 0.2) is 58.3 Å². The van der Waals surface area contributed by atoms with E-state index in [9.17, 15) is 18.8 Å². The first-order chi connectivity index (χ1) is 15.8. The fraction of sp³-hybridized carbons (Fsp3) is 0.217. The molecular weight excluding hydrogens is 429 g/mol. The summed E-state index contributed by atoms with van der Waals surface area (Å²) in [5, 5.41) is 6.93. The van der Waals surface area contributed by atoms with Gasteiger partial charge in [-0.1, -0.05) is 18.2 Å². The minimum Gasteiger partial charge on any atom is -0.495 e. The number of ether oxygens (including phenoxy) is 1. The molecule has 9 nitrogen and oxygen atoms in total. The van der Waals surface area contributed by atoms with Gasteiger partial charge in [-0.25, -0.2) is 9.18 Å². The average molecular weight is 451 g/mol. The summed E-state index contributed by atoms with van der Waals surface area (Å²) < 4.78 is 22.1. The standard InChI is InChI=1S/C23H22FN5O4/c1-14-4-9-19(33-3)17(10-14)25-20(30)13-28-18-12-27(2)26-21(18)22(31)29(23(28)32)11-15-5-7-16(24)8-6-15/h4-10,12H,11,13H2,1-3H3,(H,25,30). The number of aromatic nitrogens is 4. The topological polar surface area (TPSA) is 100 Å². The Hall–Kier alpha value is -4.21. The van der Waals surface area contributed by atoms with E-state index in [-0.39, 0.29) is 24.1 Å². The molecule has 0 radical (unpaired) electrons. The van der Waals surface area contributed by atoms with Gasteiger partial charge in [0.2, 0.25) is 5.91 Å². The van der Waals surface area contributed by atoms with Crippen LogP contribution in [-0.2, 0) is 24.9 Å². The highest BCUT2D eigenvalue weighted by atomic mass is 19.1. The Bertz CT molecular complexity index is 1470. The van der Waals surface area contributed by atoms with Crippen LogP contribution in [0.25, 0.3) is 11.0 Å². The van der Waals surface area contributed by atoms with Crippen molar-refractivity contribution in [1.29, 1.82) is 0 Å². The second-order valence-electron chi connectivity index (χ2n) is 7.68. The van der Waals surface area contributed by atoms with Crippen molar-refractivity contribution < 1.29 is 13.9 Å². The highest BCUT2D eigenvalue weighted by Crippen LogP contribution is 2.25. The first-order valence-electron chi connectivity index (χ1n) is 10.1. The number of carbonyl (C=O) groups excluding carboxylic acids is 1. The van der Waals surface area contributed by atoms with Crippen molar-refractivity contribution in [3.05, 3.63) is 86.4 Å². The van der Waals surface area contributed by atoms with Gasteiger partial charge in [0.1, 0.15) is 18.1 Å². The molecule has 10 heteroatoms. The molecule has 2 aromatic heterocycles. The number of rotatable bonds is 6. The summed E-state index contributed by atoms with van der Waals surface area (Å²) in [5.74, 6) is -0.417. The summed E-state index contributed by atoms with van der Waals surface area (Å²) in [6.45, 7) is 1.45. The van der Waals surface area contributed by atoms with E-state index < -0.39 is 23.0 Å². The molecule has 4 aromatic rings. The van der Waals surface area contributed by atoms with Crippen LogP contribution in [0.3, 0.4) is 0 Å². The van der Waals surface area contributed by atoms with Crippen LogP contribution in [0.4, 0.5) is 10.1 Å². The predicted molar refractivity (Wildman–Crippen MR) is 121 cm³/mol. The van der Waals surface area contributed by atoms with Gasteiger partial charge in [0.05, 0.1) is 24.9 Å². The fourth-order valence-corrected chi connectivity index (χ4v) is 3.61. The molecule has 0 saturated heterocycles. The average Bonchev–Trinajstić information content (AvgIpc) is 3.17. The maximum atomic E-state index is 13.3. The molecule has 2 heterocycles. The lowest BCUT2D eigenvalue weighted by atomic mass is 10.2. The number of carbonyl (C=O) groups is 1. The van der Waals surface area contributed by atoms with Crippen molar-refractivity contribution in [2.45, 2.75) is 20.0 Å². The Morgan fingerprint density at radius 3 is 2.55 bits per heavy atom. The lowest BCUT2D eigenvalue weighted by molar-refractivity contribution is -0.116. The number of aryl methyl sites for hydroxylation is 2. The Morgan fingerprint density at radius 2 is 1.85 bits per heavy atom. The monoisotopic (exact) mass is 451 g/mol. The first-order valence-corrected chi connectivity index (χ1v) is 10.1. The van der Waals surface area contributed by atoms with Gasteiger partial charge in [0.25, 0.3) is 5.56 Å². The van der Waals surface area contributed by atoms with Crippen LogP contribution in [0.1, 0.15) is 11.1 Å². The largest absolute Gasteiger partial charge is 0.495 e. The summed E-state index contributed by atoms with van der Waals surface area (Å²) >= 11 is 0. The zero-order valence-corrected chi connectivity index (χ0v) is 18.3. The maximum Gasteiger partial charge on any atom is 0.332 e. The van der Waals surface area contributed by atoms with Gasteiger partial charge < -0.3 is 10.1 Å². The molecule has 0 aliphatic carbocycles. The predicted octanol–water partition coefficient (Wildman–Crippen LogP) is 2.04. The number of amides is 1. The number of anilines is 1. The van der Waals surface area contributed by atoms with Crippen LogP contribution in [-0.4, -0.2) is 31.9 Å². The van der Waals surface area contributed by atoms with Crippen molar-refractivity contribution in [2.75, 3.05) is 12.4 Å². The minimum absolute atomic E-state index is 0.0557. The van der Waals surface area contributed by atoms with E-state index in [1.54, 1.807) is 19.2 Å². The molecule has 0 spiro atoms. The number of hydrogen-bond acceptors (Lipinski definition) is 5. The molecule has 0 bridgehead atoms. The Labute approximate surface area is 187 Å². The number of nitrogens with zero attached hydrogens (tertiary/aromatic N) is 4. The molecule has 0 atom stereocenters. The molecular formula is C23H22FN5O4. The van der Waals surface area contributed by atoms with Crippen molar-refractivity contribution in [1.82, 2.24) is 18.9 Å². The second kappa shape index (κ2) is 8.73. The first kappa shape index (κ1) is 22.0. The molecule has 0 saturated carbocycles. The zero-order valence-electron chi connectivity index (χ0n) is 18.3. The van der Waals surface area contributed by atoms with Crippen LogP contribution in [0.5, 0.6) is 5.75 Å². The fourth-order valence-electron chi connectivity index (χ4n) is 3.61. The third-order valence-electron chi connectivity index (χ3n) is 5.19. The van der Waals surface area contributed by atoms with Gasteiger partial charge in [-0.2, -0.15) is 5.10 Å². The Kier molecular flexibility index (Phi) is 5.82. The van der Waals surface area contributed by atoms with Crippen molar-refractivity contribution in [3.8, 4) is 5.75 Å². The molecule has 0 aliphatic rings. The van der Waals surface area contributed by atoms with Crippen molar-refractivity contribution >= 4 is 22.6 Å². The third-order valence-corrected chi connectivity index (χ3v) is 5.19. The van der Waals surface area contributed by atoms with E-state index in [1.165, 1.54) is 46.8 Å². The van der Waals surface area contributed by atoms with Crippen LogP contribution in [0, 0.1) is 12.7 Å². The van der Waals surface area contributed by atoms with Crippen molar-refractivity contribution in [2.24, 2.45) is 7.05 Å². The third kappa shape index (κ3) is 4.40. The minimum atomic E-state index is -0.670. The summed E-state index contributed by atoms with van der Waals surface area (Å²) in [6, 6.07) is 10.8. The van der Waals surface area contributed by atoms with Gasteiger partial charge in [-0.05, 0) is 42.3 Å². The molecule has 0 fully saturated rings. The number of fused-ring (bicyclic) bond motifs is 1. The molecule has 1 N–H and O–H groups in total. The van der Waals surface area contributed by atoms with E-state index in [1.807, 2.05) is 13.0 Å². The van der Waals surface area contributed by atoms with Gasteiger partial charge >= 0.3 is 5.69 Å². The highest BCUT2D eigenvalue weighted by Gasteiger charge is 2.19. The van der Waals surface area contributed by atoms with E-state index in [0.29, 0.717) is 17.0 Å². The maximum absolute atomic E-state index is 13.3. The van der Waals surface area contributed by atoms with Gasteiger partial charge in [0.15, 0.2) is 5.52 Å². The van der Waals surface area contributed by atoms with Gasteiger partial charge in [-0.15, -0.1) is 0 Å². The number of halogens is 1. The van der Waals surface area contributed by atoms with E-state index >= 15 is 0 Å². The lowest BCUT2D eigenvalue weighted by Gasteiger charge is -2.14. The summed E-state index contributed by atoms with van der Waals surface area (Å²) in [7, 11) is 3.12. The highest BCUT2D eigenvalue weighted by molar-refractivity contribution is 5.93. The smallest absolute Gasteiger partial charge is 0.332 e. The normalized spacial score (nSPS) is 11.0. The molecule has 2 aromatic carbocycles. The van der Waals surface area contributed by atoms with E-state index in [4.69, 9.17) is 4.74 Å². The lowest BCUT2D eigenvalue weighted by Crippen LogP contribution is -2.41. The van der Waals surface area contributed by atoms with Crippen LogP contribution >= 0.6 is 0 Å². The van der Waals surface area contributed by atoms with Crippen molar-refractivity contribution in [3.63, 3.8) is 0 Å². The van der Waals surface area contributed by atoms with Crippen LogP contribution in [0.2, 0.25) is 0 Å². The summed E-state index contributed by atoms with van der Waals surface area (Å²) in [4.78, 5) is 39.1. The van der Waals surface area contributed by atoms with Gasteiger partial charge in [0, 0.05) is 13.2 Å². The Balaban J connectivity index is 1.74. The SMILES string of the molecule is COc1ccc(C)cc1NC(=O)Cn1c(=O)n(Cc2ccc(F)cc2)c(=O)c2nn(C)cc21. The number of hydrogen-bond donors (Lipinski definition) is 1. The quantitative estimate of drug-likeness (QED) is 0.484. The Morgan fingerprint density at radius 1 is 1.12 bits per heavy atom. The molecule has 0 aliphatic heterocycles. The van der Waals surface area contributed by atoms with Crippen LogP contribution < -0.4 is 21.3 Å².